The van der Waals surface area contributed by atoms with Crippen LogP contribution in [0.25, 0.3) is 0 Å². The zero-order valence-corrected chi connectivity index (χ0v) is 12.5. The summed E-state index contributed by atoms with van der Waals surface area (Å²) in [6.07, 6.45) is -1.88. The van der Waals surface area contributed by atoms with Crippen LogP contribution < -0.4 is 11.2 Å². The van der Waals surface area contributed by atoms with Crippen molar-refractivity contribution < 1.29 is 19.3 Å². The van der Waals surface area contributed by atoms with E-state index in [1.165, 1.54) is 20.4 Å². The minimum absolute atomic E-state index is 0.164. The number of ether oxygens (including phenoxy) is 3. The van der Waals surface area contributed by atoms with Gasteiger partial charge in [0, 0.05) is 20.4 Å². The fourth-order valence-corrected chi connectivity index (χ4v) is 2.51. The van der Waals surface area contributed by atoms with Crippen molar-refractivity contribution in [2.75, 3.05) is 20.8 Å². The van der Waals surface area contributed by atoms with E-state index in [9.17, 15) is 14.7 Å². The summed E-state index contributed by atoms with van der Waals surface area (Å²) in [4.78, 5) is 25.2. The van der Waals surface area contributed by atoms with Crippen LogP contribution >= 0.6 is 15.9 Å². The van der Waals surface area contributed by atoms with Crippen LogP contribution in [0.1, 0.15) is 6.23 Å². The minimum Gasteiger partial charge on any atom is -0.386 e. The van der Waals surface area contributed by atoms with Crippen LogP contribution in [0.15, 0.2) is 20.3 Å². The molecule has 2 rings (SSSR count). The maximum absolute atomic E-state index is 11.8. The fourth-order valence-electron chi connectivity index (χ4n) is 2.19. The van der Waals surface area contributed by atoms with Crippen molar-refractivity contribution in [3.63, 3.8) is 0 Å². The molecule has 1 aromatic rings. The molecule has 1 aromatic heterocycles. The first-order chi connectivity index (χ1) is 9.49. The van der Waals surface area contributed by atoms with E-state index in [0.29, 0.717) is 0 Å². The summed E-state index contributed by atoms with van der Waals surface area (Å²) in [5.74, 6) is 0. The standard InChI is InChI=1S/C11H15BrN2O6/c1-18-4-6-8(19-2)7(15)10(20-6)14-3-5(12)9(16)13-11(14)17/h3,6-8,10,15H,4H2,1-2H3,(H,13,16,17)/t6-,7?,8?,10-/m1/s1. The van der Waals surface area contributed by atoms with Gasteiger partial charge in [-0.25, -0.2) is 4.79 Å². The zero-order chi connectivity index (χ0) is 14.9. The smallest absolute Gasteiger partial charge is 0.330 e. The van der Waals surface area contributed by atoms with Gasteiger partial charge in [-0.15, -0.1) is 0 Å². The predicted molar refractivity (Wildman–Crippen MR) is 71.6 cm³/mol. The number of aliphatic hydroxyl groups is 1. The molecule has 1 aliphatic rings. The summed E-state index contributed by atoms with van der Waals surface area (Å²) < 4.78 is 17.0. The highest BCUT2D eigenvalue weighted by Gasteiger charge is 2.45. The molecule has 0 spiro atoms. The van der Waals surface area contributed by atoms with Crippen molar-refractivity contribution in [1.82, 2.24) is 9.55 Å². The van der Waals surface area contributed by atoms with Gasteiger partial charge in [-0.3, -0.25) is 14.3 Å². The minimum atomic E-state index is -1.06. The molecule has 1 aliphatic heterocycles. The summed E-state index contributed by atoms with van der Waals surface area (Å²) in [5, 5.41) is 10.2. The number of nitrogens with one attached hydrogen (secondary N) is 1. The maximum atomic E-state index is 11.8. The van der Waals surface area contributed by atoms with E-state index >= 15 is 0 Å². The second-order valence-electron chi connectivity index (χ2n) is 4.35. The van der Waals surface area contributed by atoms with E-state index in [-0.39, 0.29) is 11.1 Å². The summed E-state index contributed by atoms with van der Waals surface area (Å²) in [5.41, 5.74) is -1.22. The van der Waals surface area contributed by atoms with Gasteiger partial charge in [-0.2, -0.15) is 0 Å². The van der Waals surface area contributed by atoms with Crippen LogP contribution in [0.5, 0.6) is 0 Å². The number of halogens is 1. The summed E-state index contributed by atoms with van der Waals surface area (Å²) in [6, 6.07) is 0. The Morgan fingerprint density at radius 2 is 2.20 bits per heavy atom. The van der Waals surface area contributed by atoms with Crippen LogP contribution in [0.4, 0.5) is 0 Å². The Morgan fingerprint density at radius 3 is 2.80 bits per heavy atom. The molecule has 2 N–H and O–H groups in total. The van der Waals surface area contributed by atoms with Gasteiger partial charge < -0.3 is 19.3 Å². The van der Waals surface area contributed by atoms with Gasteiger partial charge in [0.25, 0.3) is 5.56 Å². The van der Waals surface area contributed by atoms with Gasteiger partial charge in [-0.05, 0) is 15.9 Å². The third-order valence-corrected chi connectivity index (χ3v) is 3.68. The highest BCUT2D eigenvalue weighted by Crippen LogP contribution is 2.30. The van der Waals surface area contributed by atoms with Gasteiger partial charge in [-0.1, -0.05) is 0 Å². The zero-order valence-electron chi connectivity index (χ0n) is 10.9. The second kappa shape index (κ2) is 6.19. The Labute approximate surface area is 122 Å². The molecule has 0 saturated carbocycles. The van der Waals surface area contributed by atoms with Crippen molar-refractivity contribution in [1.29, 1.82) is 0 Å². The molecule has 4 atom stereocenters. The van der Waals surface area contributed by atoms with E-state index in [1.807, 2.05) is 0 Å². The average molecular weight is 351 g/mol. The summed E-state index contributed by atoms with van der Waals surface area (Å²) in [6.45, 7) is 0.214. The average Bonchev–Trinajstić information content (AvgIpc) is 2.71. The lowest BCUT2D eigenvalue weighted by Gasteiger charge is -2.18. The molecule has 0 radical (unpaired) electrons. The van der Waals surface area contributed by atoms with E-state index < -0.39 is 35.8 Å². The van der Waals surface area contributed by atoms with Gasteiger partial charge in [0.1, 0.15) is 18.3 Å². The third kappa shape index (κ3) is 2.72. The number of aromatic amines is 1. The molecule has 9 heteroatoms. The summed E-state index contributed by atoms with van der Waals surface area (Å²) >= 11 is 3.03. The van der Waals surface area contributed by atoms with Crippen LogP contribution in [0.3, 0.4) is 0 Å². The molecule has 112 valence electrons. The molecule has 2 unspecified atom stereocenters. The Morgan fingerprint density at radius 1 is 1.50 bits per heavy atom. The number of hydrogen-bond acceptors (Lipinski definition) is 6. The first kappa shape index (κ1) is 15.4. The normalized spacial score (nSPS) is 29.8. The van der Waals surface area contributed by atoms with Crippen LogP contribution in [0.2, 0.25) is 0 Å². The number of H-pyrrole nitrogens is 1. The monoisotopic (exact) mass is 350 g/mol. The van der Waals surface area contributed by atoms with E-state index in [2.05, 4.69) is 20.9 Å². The van der Waals surface area contributed by atoms with Gasteiger partial charge in [0.05, 0.1) is 11.1 Å². The lowest BCUT2D eigenvalue weighted by atomic mass is 10.1. The number of nitrogens with zero attached hydrogens (tertiary/aromatic N) is 1. The number of aromatic nitrogens is 2. The van der Waals surface area contributed by atoms with E-state index in [0.717, 1.165) is 4.57 Å². The van der Waals surface area contributed by atoms with Gasteiger partial charge in [0.2, 0.25) is 0 Å². The molecule has 2 heterocycles. The second-order valence-corrected chi connectivity index (χ2v) is 5.21. The molecule has 1 saturated heterocycles. The van der Waals surface area contributed by atoms with Crippen molar-refractivity contribution in [2.24, 2.45) is 0 Å². The van der Waals surface area contributed by atoms with Crippen LogP contribution in [-0.4, -0.2) is 53.8 Å². The largest absolute Gasteiger partial charge is 0.386 e. The van der Waals surface area contributed by atoms with Crippen molar-refractivity contribution >= 4 is 15.9 Å². The lowest BCUT2D eigenvalue weighted by molar-refractivity contribution is -0.0641. The molecular formula is C11H15BrN2O6. The first-order valence-corrected chi connectivity index (χ1v) is 6.65. The van der Waals surface area contributed by atoms with Crippen LogP contribution in [0, 0.1) is 0 Å². The third-order valence-electron chi connectivity index (χ3n) is 3.11. The highest BCUT2D eigenvalue weighted by molar-refractivity contribution is 9.10. The topological polar surface area (TPSA) is 103 Å². The highest BCUT2D eigenvalue weighted by atomic mass is 79.9. The number of rotatable bonds is 4. The molecule has 1 fully saturated rings. The van der Waals surface area contributed by atoms with Gasteiger partial charge >= 0.3 is 5.69 Å². The Bertz CT molecular complexity index is 585. The molecule has 0 bridgehead atoms. The van der Waals surface area contributed by atoms with E-state index in [4.69, 9.17) is 14.2 Å². The van der Waals surface area contributed by atoms with Crippen molar-refractivity contribution in [3.05, 3.63) is 31.5 Å². The molecule has 0 amide bonds. The van der Waals surface area contributed by atoms with Crippen LogP contribution in [-0.2, 0) is 14.2 Å². The molecule has 0 aromatic carbocycles. The Balaban J connectivity index is 2.36. The van der Waals surface area contributed by atoms with E-state index in [1.54, 1.807) is 0 Å². The Kier molecular flexibility index (Phi) is 4.76. The summed E-state index contributed by atoms with van der Waals surface area (Å²) in [7, 11) is 2.94. The molecule has 0 aliphatic carbocycles. The molecule has 8 nitrogen and oxygen atoms in total. The quantitative estimate of drug-likeness (QED) is 0.738. The SMILES string of the molecule is COC[C@H]1O[C@@H](n2cc(Br)c(=O)[nH]c2=O)C(O)C1OC. The number of methoxy groups -OCH3 is 2. The molecular weight excluding hydrogens is 336 g/mol. The molecule has 20 heavy (non-hydrogen) atoms. The van der Waals surface area contributed by atoms with Crippen molar-refractivity contribution in [3.8, 4) is 0 Å². The number of aliphatic hydroxyl groups excluding tert-OH is 1. The predicted octanol–water partition coefficient (Wildman–Crippen LogP) is -0.781. The van der Waals surface area contributed by atoms with Gasteiger partial charge in [0.15, 0.2) is 6.23 Å². The Hall–Kier alpha value is -1.00. The van der Waals surface area contributed by atoms with Crippen molar-refractivity contribution in [2.45, 2.75) is 24.5 Å². The number of hydrogen-bond donors (Lipinski definition) is 2. The lowest BCUT2D eigenvalue weighted by Crippen LogP contribution is -2.38. The maximum Gasteiger partial charge on any atom is 0.330 e. The first-order valence-electron chi connectivity index (χ1n) is 5.85. The fraction of sp³-hybridized carbons (Fsp3) is 0.636.